The number of aryl methyl sites for hydroxylation is 1. The van der Waals surface area contributed by atoms with Gasteiger partial charge in [-0.05, 0) is 25.2 Å². The topological polar surface area (TPSA) is 165 Å². The molecule has 0 unspecified atom stereocenters. The summed E-state index contributed by atoms with van der Waals surface area (Å²) in [6, 6.07) is 1.97. The van der Waals surface area contributed by atoms with Crippen molar-refractivity contribution < 1.29 is 38.1 Å². The van der Waals surface area contributed by atoms with Gasteiger partial charge in [-0.25, -0.2) is 14.5 Å². The number of fused-ring (bicyclic) bond motifs is 1. The summed E-state index contributed by atoms with van der Waals surface area (Å²) in [6.07, 6.45) is 2.41. The Morgan fingerprint density at radius 3 is 2.14 bits per heavy atom. The number of nitrogens with zero attached hydrogens (tertiary/aromatic N) is 4. The number of amides is 1. The van der Waals surface area contributed by atoms with Crippen molar-refractivity contribution in [2.24, 2.45) is 16.7 Å². The van der Waals surface area contributed by atoms with Crippen LogP contribution in [0.1, 0.15) is 103 Å². The number of carbonyl (C=O) groups excluding carboxylic acids is 4. The number of nitrogens with one attached hydrogen (secondary N) is 1. The standard InChI is InChI=1S/C29H41N5O8/c1-9-10-11-21-31-23-22(25(37)42-26-28(5,6)12-17(2)13-29(26,7)8)20(14-30)24(34(23)32-21)41-27(38)33(15-39-18(3)35)16-40-19(4)36/h17,26H,9-13,15-16H2,1-8H3,(H,31,32). The van der Waals surface area contributed by atoms with Gasteiger partial charge in [0.15, 0.2) is 19.1 Å². The molecule has 13 heteroatoms. The molecule has 1 saturated carbocycles. The van der Waals surface area contributed by atoms with Gasteiger partial charge >= 0.3 is 24.0 Å². The van der Waals surface area contributed by atoms with Gasteiger partial charge in [-0.1, -0.05) is 48.0 Å². The number of unbranched alkanes of at least 4 members (excludes halogenated alkanes) is 1. The zero-order chi connectivity index (χ0) is 31.4. The molecule has 1 fully saturated rings. The molecule has 0 atom stereocenters. The molecule has 0 aliphatic heterocycles. The summed E-state index contributed by atoms with van der Waals surface area (Å²) in [7, 11) is 0. The van der Waals surface area contributed by atoms with Crippen molar-refractivity contribution in [3.63, 3.8) is 0 Å². The summed E-state index contributed by atoms with van der Waals surface area (Å²) in [4.78, 5) is 53.7. The van der Waals surface area contributed by atoms with Gasteiger partial charge in [0.2, 0.25) is 5.88 Å². The number of ether oxygens (including phenoxy) is 4. The Kier molecular flexibility index (Phi) is 9.91. The van der Waals surface area contributed by atoms with E-state index in [1.807, 2.05) is 13.0 Å². The predicted molar refractivity (Wildman–Crippen MR) is 149 cm³/mol. The van der Waals surface area contributed by atoms with Crippen molar-refractivity contribution in [2.45, 2.75) is 93.6 Å². The van der Waals surface area contributed by atoms with Gasteiger partial charge in [-0.2, -0.15) is 14.9 Å². The Bertz CT molecular complexity index is 1350. The quantitative estimate of drug-likeness (QED) is 0.233. The first-order chi connectivity index (χ1) is 19.6. The highest BCUT2D eigenvalue weighted by molar-refractivity contribution is 6.00. The van der Waals surface area contributed by atoms with Crippen LogP contribution < -0.4 is 4.74 Å². The molecule has 13 nitrogen and oxygen atoms in total. The molecular weight excluding hydrogens is 546 g/mol. The second-order valence-electron chi connectivity index (χ2n) is 12.3. The van der Waals surface area contributed by atoms with Gasteiger partial charge in [0.1, 0.15) is 29.1 Å². The summed E-state index contributed by atoms with van der Waals surface area (Å²) < 4.78 is 22.7. The lowest BCUT2D eigenvalue weighted by Crippen LogP contribution is -2.50. The van der Waals surface area contributed by atoms with Crippen molar-refractivity contribution in [1.82, 2.24) is 19.5 Å². The minimum Gasteiger partial charge on any atom is -0.458 e. The number of H-pyrrole nitrogens is 1. The van der Waals surface area contributed by atoms with Gasteiger partial charge in [0, 0.05) is 31.1 Å². The Balaban J connectivity index is 2.06. The van der Waals surface area contributed by atoms with Gasteiger partial charge in [-0.3, -0.25) is 9.59 Å². The molecule has 3 rings (SSSR count). The number of esters is 3. The first-order valence-electron chi connectivity index (χ1n) is 14.1. The van der Waals surface area contributed by atoms with Gasteiger partial charge in [0.05, 0.1) is 0 Å². The first kappa shape index (κ1) is 32.4. The highest BCUT2D eigenvalue weighted by Gasteiger charge is 2.49. The fraction of sp³-hybridized carbons (Fsp3) is 0.655. The molecule has 1 aliphatic rings. The number of rotatable bonds is 10. The van der Waals surface area contributed by atoms with Crippen molar-refractivity contribution in [3.8, 4) is 11.9 Å². The van der Waals surface area contributed by atoms with Gasteiger partial charge < -0.3 is 23.9 Å². The van der Waals surface area contributed by atoms with Crippen LogP contribution in [0.5, 0.6) is 5.88 Å². The summed E-state index contributed by atoms with van der Waals surface area (Å²) >= 11 is 0. The second kappa shape index (κ2) is 12.8. The van der Waals surface area contributed by atoms with E-state index in [0.29, 0.717) is 18.2 Å². The number of aromatic nitrogens is 3. The maximum Gasteiger partial charge on any atom is 0.422 e. The van der Waals surface area contributed by atoms with Crippen LogP contribution >= 0.6 is 0 Å². The van der Waals surface area contributed by atoms with E-state index in [9.17, 15) is 24.4 Å². The van der Waals surface area contributed by atoms with Crippen molar-refractivity contribution in [2.75, 3.05) is 13.5 Å². The minimum absolute atomic E-state index is 0.104. The molecule has 230 valence electrons. The van der Waals surface area contributed by atoms with Crippen molar-refractivity contribution >= 4 is 29.6 Å². The van der Waals surface area contributed by atoms with Crippen LogP contribution in [0.15, 0.2) is 0 Å². The maximum atomic E-state index is 13.9. The lowest BCUT2D eigenvalue weighted by atomic mass is 9.59. The molecule has 0 radical (unpaired) electrons. The van der Waals surface area contributed by atoms with Crippen LogP contribution in [0, 0.1) is 28.1 Å². The summed E-state index contributed by atoms with van der Waals surface area (Å²) in [5.74, 6) is -1.46. The normalized spacial score (nSPS) is 19.0. The third-order valence-electron chi connectivity index (χ3n) is 7.35. The van der Waals surface area contributed by atoms with Crippen molar-refractivity contribution in [1.29, 1.82) is 5.26 Å². The molecule has 2 heterocycles. The van der Waals surface area contributed by atoms with E-state index < -0.39 is 43.6 Å². The summed E-state index contributed by atoms with van der Waals surface area (Å²) in [5.41, 5.74) is -0.865. The van der Waals surface area contributed by atoms with E-state index in [4.69, 9.17) is 18.9 Å². The molecule has 0 aromatic carbocycles. The van der Waals surface area contributed by atoms with Crippen LogP contribution in [0.4, 0.5) is 4.79 Å². The highest BCUT2D eigenvalue weighted by Crippen LogP contribution is 2.50. The summed E-state index contributed by atoms with van der Waals surface area (Å²) in [5, 5.41) is 14.6. The van der Waals surface area contributed by atoms with E-state index in [-0.39, 0.29) is 33.5 Å². The van der Waals surface area contributed by atoms with Gasteiger partial charge in [0.25, 0.3) is 0 Å². The average molecular weight is 588 g/mol. The van der Waals surface area contributed by atoms with Crippen LogP contribution in [-0.4, -0.2) is 63.1 Å². The average Bonchev–Trinajstić information content (AvgIpc) is 3.40. The van der Waals surface area contributed by atoms with Crippen molar-refractivity contribution in [3.05, 3.63) is 17.0 Å². The number of carbonyl (C=O) groups is 4. The zero-order valence-electron chi connectivity index (χ0n) is 25.7. The van der Waals surface area contributed by atoms with Crippen LogP contribution in [0.25, 0.3) is 5.65 Å². The number of hydrogen-bond donors (Lipinski definition) is 1. The molecule has 0 saturated heterocycles. The Morgan fingerprint density at radius 1 is 1.07 bits per heavy atom. The number of nitriles is 1. The third-order valence-corrected chi connectivity index (χ3v) is 7.35. The molecule has 42 heavy (non-hydrogen) atoms. The van der Waals surface area contributed by atoms with Crippen LogP contribution in [0.3, 0.4) is 0 Å². The Morgan fingerprint density at radius 2 is 1.64 bits per heavy atom. The maximum absolute atomic E-state index is 13.9. The van der Waals surface area contributed by atoms with E-state index in [0.717, 1.165) is 44.4 Å². The molecule has 2 aromatic rings. The van der Waals surface area contributed by atoms with Crippen LogP contribution in [0.2, 0.25) is 0 Å². The fourth-order valence-electron chi connectivity index (χ4n) is 6.14. The zero-order valence-corrected chi connectivity index (χ0v) is 25.7. The number of hydrogen-bond acceptors (Lipinski definition) is 10. The Labute approximate surface area is 245 Å². The largest absolute Gasteiger partial charge is 0.458 e. The van der Waals surface area contributed by atoms with E-state index in [1.54, 1.807) is 0 Å². The Hall–Kier alpha value is -4.08. The minimum atomic E-state index is -1.10. The number of aromatic amines is 1. The first-order valence-corrected chi connectivity index (χ1v) is 14.1. The van der Waals surface area contributed by atoms with Gasteiger partial charge in [-0.15, -0.1) is 0 Å². The lowest BCUT2D eigenvalue weighted by molar-refractivity contribution is -0.151. The third kappa shape index (κ3) is 7.21. The molecule has 0 spiro atoms. The van der Waals surface area contributed by atoms with E-state index >= 15 is 0 Å². The lowest BCUT2D eigenvalue weighted by Gasteiger charge is -2.50. The molecule has 2 aromatic heterocycles. The monoisotopic (exact) mass is 587 g/mol. The molecule has 1 aliphatic carbocycles. The van der Waals surface area contributed by atoms with E-state index in [2.05, 4.69) is 44.7 Å². The molecule has 1 N–H and O–H groups in total. The highest BCUT2D eigenvalue weighted by atomic mass is 16.6. The smallest absolute Gasteiger partial charge is 0.422 e. The van der Waals surface area contributed by atoms with Crippen LogP contribution in [-0.2, 0) is 30.2 Å². The summed E-state index contributed by atoms with van der Waals surface area (Å²) in [6.45, 7) is 13.6. The molecular formula is C29H41N5O8. The van der Waals surface area contributed by atoms with E-state index in [1.165, 1.54) is 4.52 Å². The second-order valence-corrected chi connectivity index (χ2v) is 12.3. The fourth-order valence-corrected chi connectivity index (χ4v) is 6.14. The molecule has 1 amide bonds. The molecule has 0 bridgehead atoms. The SMILES string of the molecule is CCCCc1nn2c(OC(=O)N(COC(C)=O)COC(C)=O)c(C#N)c(C(=O)OC3C(C)(C)CC(C)CC3(C)C)c2[nH]1. The predicted octanol–water partition coefficient (Wildman–Crippen LogP) is 4.73.